The van der Waals surface area contributed by atoms with Crippen LogP contribution in [0.25, 0.3) is 0 Å². The standard InChI is InChI=1S/C13H16Cl2N2.ClHO4/c1-9(14)12(17-13(2,3)4)16-11-7-5-10(15)6-8-11;2-1(3,4)5/h5-8H,1H2,2-4H3,(H,16,17);(H,2,3,4,5). The monoisotopic (exact) mass is 370 g/mol. The maximum Gasteiger partial charge on any atom is 0.144 e. The number of nitrogens with one attached hydrogen (secondary N) is 1. The zero-order chi connectivity index (χ0) is 17.6. The second kappa shape index (κ2) is 8.69. The van der Waals surface area contributed by atoms with Crippen LogP contribution in [0.2, 0.25) is 5.02 Å². The van der Waals surface area contributed by atoms with Crippen LogP contribution in [0.3, 0.4) is 0 Å². The summed E-state index contributed by atoms with van der Waals surface area (Å²) in [5, 5.41) is 4.20. The van der Waals surface area contributed by atoms with Gasteiger partial charge in [-0.1, -0.05) is 29.8 Å². The van der Waals surface area contributed by atoms with Gasteiger partial charge in [-0.25, -0.2) is 0 Å². The number of halogens is 3. The van der Waals surface area contributed by atoms with E-state index in [1.165, 1.54) is 0 Å². The maximum absolute atomic E-state index is 8.60. The van der Waals surface area contributed by atoms with E-state index in [0.717, 1.165) is 5.69 Å². The van der Waals surface area contributed by atoms with Crippen LogP contribution in [-0.4, -0.2) is 16.0 Å². The van der Waals surface area contributed by atoms with Crippen LogP contribution >= 0.6 is 23.2 Å². The van der Waals surface area contributed by atoms with Crippen molar-refractivity contribution in [2.24, 2.45) is 4.99 Å². The molecule has 0 fully saturated rings. The van der Waals surface area contributed by atoms with E-state index in [1.807, 2.05) is 32.9 Å². The summed E-state index contributed by atoms with van der Waals surface area (Å²) < 4.78 is 32.7. The number of hydrogen-bond acceptors (Lipinski definition) is 5. The van der Waals surface area contributed by atoms with Crippen molar-refractivity contribution < 1.29 is 28.9 Å². The first kappa shape index (κ1) is 21.1. The molecular formula is C13H17Cl3N2O4. The van der Waals surface area contributed by atoms with Crippen molar-refractivity contribution in [2.75, 3.05) is 5.32 Å². The van der Waals surface area contributed by atoms with Crippen LogP contribution in [0.4, 0.5) is 5.69 Å². The van der Waals surface area contributed by atoms with Gasteiger partial charge in [-0.05, 0) is 45.0 Å². The zero-order valence-corrected chi connectivity index (χ0v) is 14.5. The number of anilines is 1. The molecule has 0 saturated heterocycles. The topological polar surface area (TPSA) is 114 Å². The van der Waals surface area contributed by atoms with Gasteiger partial charge in [0.25, 0.3) is 0 Å². The molecule has 0 heterocycles. The van der Waals surface area contributed by atoms with Gasteiger partial charge < -0.3 is 5.32 Å². The lowest BCUT2D eigenvalue weighted by Crippen LogP contribution is -2.58. The number of benzene rings is 1. The first-order chi connectivity index (χ1) is 9.78. The minimum atomic E-state index is -4.69. The van der Waals surface area contributed by atoms with E-state index in [2.05, 4.69) is 16.9 Å². The van der Waals surface area contributed by atoms with E-state index in [4.69, 9.17) is 41.8 Å². The number of rotatable bonds is 2. The van der Waals surface area contributed by atoms with Crippen molar-refractivity contribution in [1.29, 1.82) is 0 Å². The summed E-state index contributed by atoms with van der Waals surface area (Å²) in [5.41, 5.74) is 0.659. The molecule has 0 aliphatic heterocycles. The van der Waals surface area contributed by atoms with Gasteiger partial charge in [0, 0.05) is 10.7 Å². The molecular weight excluding hydrogens is 355 g/mol. The average Bonchev–Trinajstić information content (AvgIpc) is 2.27. The predicted molar refractivity (Wildman–Crippen MR) is 79.5 cm³/mol. The third-order valence-electron chi connectivity index (χ3n) is 1.81. The van der Waals surface area contributed by atoms with Crippen molar-refractivity contribution in [3.63, 3.8) is 0 Å². The Morgan fingerprint density at radius 2 is 1.64 bits per heavy atom. The molecule has 0 radical (unpaired) electrons. The Morgan fingerprint density at radius 3 is 1.95 bits per heavy atom. The molecule has 124 valence electrons. The van der Waals surface area contributed by atoms with Gasteiger partial charge in [-0.15, -0.1) is 0 Å². The van der Waals surface area contributed by atoms with Crippen LogP contribution < -0.4 is 19.3 Å². The zero-order valence-electron chi connectivity index (χ0n) is 12.3. The second-order valence-electron chi connectivity index (χ2n) is 5.06. The minimum Gasteiger partial charge on any atom is -0.339 e. The number of amidine groups is 1. The van der Waals surface area contributed by atoms with Crippen LogP contribution in [0.1, 0.15) is 20.8 Å². The van der Waals surface area contributed by atoms with Crippen molar-refractivity contribution in [3.8, 4) is 0 Å². The van der Waals surface area contributed by atoms with E-state index in [9.17, 15) is 0 Å². The maximum atomic E-state index is 8.60. The van der Waals surface area contributed by atoms with Gasteiger partial charge >= 0.3 is 0 Å². The van der Waals surface area contributed by atoms with Crippen molar-refractivity contribution in [2.45, 2.75) is 26.3 Å². The summed E-state index contributed by atoms with van der Waals surface area (Å²) in [6.45, 7) is 9.69. The molecule has 0 saturated carbocycles. The first-order valence-electron chi connectivity index (χ1n) is 5.88. The Hall–Kier alpha value is -0.860. The number of hydrogen-bond donors (Lipinski definition) is 2. The largest absolute Gasteiger partial charge is 0.339 e. The third kappa shape index (κ3) is 12.8. The highest BCUT2D eigenvalue weighted by Gasteiger charge is 2.11. The van der Waals surface area contributed by atoms with Gasteiger partial charge in [-0.2, -0.15) is 14.0 Å². The molecule has 2 N–H and O–H groups in total. The summed E-state index contributed by atoms with van der Waals surface area (Å²) in [6.07, 6.45) is 0. The molecule has 0 aliphatic carbocycles. The van der Waals surface area contributed by atoms with Crippen LogP contribution in [0.5, 0.6) is 0 Å². The number of aliphatic imine (C=N–C) groups is 1. The van der Waals surface area contributed by atoms with E-state index in [1.54, 1.807) is 12.1 Å². The van der Waals surface area contributed by atoms with Crippen molar-refractivity contribution >= 4 is 34.7 Å². The molecule has 22 heavy (non-hydrogen) atoms. The lowest BCUT2D eigenvalue weighted by Gasteiger charge is -2.16. The fraction of sp³-hybridized carbons (Fsp3) is 0.308. The predicted octanol–water partition coefficient (Wildman–Crippen LogP) is 0.577. The van der Waals surface area contributed by atoms with Gasteiger partial charge in [0.1, 0.15) is 5.84 Å². The molecule has 1 aromatic rings. The van der Waals surface area contributed by atoms with Gasteiger partial charge in [0.15, 0.2) is 0 Å². The molecule has 9 heteroatoms. The Morgan fingerprint density at radius 1 is 1.23 bits per heavy atom. The van der Waals surface area contributed by atoms with E-state index in [-0.39, 0.29) is 5.54 Å². The van der Waals surface area contributed by atoms with E-state index >= 15 is 0 Å². The molecule has 1 aromatic carbocycles. The van der Waals surface area contributed by atoms with Crippen molar-refractivity contribution in [3.05, 3.63) is 40.9 Å². The highest BCUT2D eigenvalue weighted by Crippen LogP contribution is 2.17. The van der Waals surface area contributed by atoms with Gasteiger partial charge in [0.05, 0.1) is 25.5 Å². The smallest absolute Gasteiger partial charge is 0.144 e. The fourth-order valence-corrected chi connectivity index (χ4v) is 1.38. The highest BCUT2D eigenvalue weighted by molar-refractivity contribution is 6.44. The Labute approximate surface area is 141 Å². The van der Waals surface area contributed by atoms with Gasteiger partial charge in [-0.3, -0.25) is 4.99 Å². The lowest BCUT2D eigenvalue weighted by atomic mass is 10.1. The molecule has 0 aromatic heterocycles. The average molecular weight is 372 g/mol. The molecule has 6 nitrogen and oxygen atoms in total. The normalized spacial score (nSPS) is 12.3. The quantitative estimate of drug-likeness (QED) is 0.583. The minimum absolute atomic E-state index is 0.216. The molecule has 1 rings (SSSR count). The summed E-state index contributed by atoms with van der Waals surface area (Å²) in [7, 11) is -4.69. The van der Waals surface area contributed by atoms with Crippen LogP contribution in [0, 0.1) is 10.2 Å². The van der Waals surface area contributed by atoms with Crippen LogP contribution in [-0.2, 0) is 0 Å². The molecule has 0 bridgehead atoms. The summed E-state index contributed by atoms with van der Waals surface area (Å²) in [6, 6.07) is 7.33. The second-order valence-corrected chi connectivity index (χ2v) is 6.75. The molecule has 0 spiro atoms. The lowest BCUT2D eigenvalue weighted by molar-refractivity contribution is -1.92. The summed E-state index contributed by atoms with van der Waals surface area (Å²) in [5.74, 6) is 0.571. The first-order valence-corrected chi connectivity index (χ1v) is 7.90. The Balaban J connectivity index is 0.000000763. The van der Waals surface area contributed by atoms with Crippen LogP contribution in [0.15, 0.2) is 40.9 Å². The summed E-state index contributed by atoms with van der Waals surface area (Å²) in [4.78, 5) is 4.47. The molecule has 0 amide bonds. The Bertz CT molecular complexity index is 514. The molecule has 0 aliphatic rings. The third-order valence-corrected chi connectivity index (χ3v) is 2.24. The molecule has 0 unspecified atom stereocenters. The van der Waals surface area contributed by atoms with E-state index < -0.39 is 10.2 Å². The van der Waals surface area contributed by atoms with Crippen molar-refractivity contribution in [1.82, 2.24) is 0 Å². The SMILES string of the molecule is C=C(Cl)C(=NC(C)(C)C)Nc1ccc(Cl)cc1.[O-][Cl+3]([O-])([O-])O. The molecule has 0 atom stereocenters. The fourth-order valence-electron chi connectivity index (χ4n) is 1.16. The highest BCUT2D eigenvalue weighted by atomic mass is 35.7. The van der Waals surface area contributed by atoms with E-state index in [0.29, 0.717) is 15.9 Å². The number of nitrogens with zero attached hydrogens (tertiary/aromatic N) is 1. The Kier molecular flexibility index (Phi) is 8.35. The van der Waals surface area contributed by atoms with Gasteiger partial charge in [0.2, 0.25) is 0 Å². The summed E-state index contributed by atoms with van der Waals surface area (Å²) >= 11 is 11.7.